The zero-order valence-corrected chi connectivity index (χ0v) is 15.1. The lowest BCUT2D eigenvalue weighted by Gasteiger charge is -2.51. The minimum atomic E-state index is -3.10. The first-order valence-electron chi connectivity index (χ1n) is 9.37. The van der Waals surface area contributed by atoms with Crippen LogP contribution in [0.3, 0.4) is 0 Å². The average molecular weight is 346 g/mol. The summed E-state index contributed by atoms with van der Waals surface area (Å²) in [5, 5.41) is -0.0922. The highest BCUT2D eigenvalue weighted by atomic mass is 32.2. The predicted molar refractivity (Wildman–Crippen MR) is 94.4 cm³/mol. The van der Waals surface area contributed by atoms with E-state index in [1.165, 1.54) is 24.0 Å². The maximum atomic E-state index is 13.1. The maximum absolute atomic E-state index is 13.1. The molecule has 6 rings (SSSR count). The molecular weight excluding hydrogens is 320 g/mol. The molecule has 5 heteroatoms. The Bertz CT molecular complexity index is 733. The van der Waals surface area contributed by atoms with Gasteiger partial charge in [0, 0.05) is 24.5 Å². The van der Waals surface area contributed by atoms with Gasteiger partial charge < -0.3 is 0 Å². The molecule has 4 heterocycles. The number of hydrogen-bond donors (Lipinski definition) is 0. The second-order valence-corrected chi connectivity index (χ2v) is 10.4. The lowest BCUT2D eigenvalue weighted by Crippen LogP contribution is -2.60. The molecule has 4 aliphatic heterocycles. The van der Waals surface area contributed by atoms with Crippen LogP contribution in [0.15, 0.2) is 24.3 Å². The molecule has 5 fully saturated rings. The molecule has 0 unspecified atom stereocenters. The van der Waals surface area contributed by atoms with Crippen LogP contribution in [0.25, 0.3) is 0 Å². The van der Waals surface area contributed by atoms with Gasteiger partial charge in [-0.3, -0.25) is 4.90 Å². The molecule has 24 heavy (non-hydrogen) atoms. The first kappa shape index (κ1) is 15.4. The number of piperidine rings is 3. The van der Waals surface area contributed by atoms with Crippen LogP contribution in [-0.2, 0) is 10.0 Å². The molecule has 1 aromatic rings. The van der Waals surface area contributed by atoms with Crippen molar-refractivity contribution in [2.24, 2.45) is 5.92 Å². The van der Waals surface area contributed by atoms with Gasteiger partial charge in [0.25, 0.3) is 0 Å². The summed E-state index contributed by atoms with van der Waals surface area (Å²) < 4.78 is 28.1. The van der Waals surface area contributed by atoms with Gasteiger partial charge in [-0.05, 0) is 57.2 Å². The molecule has 0 amide bonds. The van der Waals surface area contributed by atoms with E-state index in [9.17, 15) is 8.42 Å². The van der Waals surface area contributed by atoms with E-state index in [0.717, 1.165) is 25.9 Å². The zero-order valence-electron chi connectivity index (χ0n) is 14.3. The molecule has 0 N–H and O–H groups in total. The Morgan fingerprint density at radius 1 is 0.958 bits per heavy atom. The van der Waals surface area contributed by atoms with Gasteiger partial charge >= 0.3 is 0 Å². The number of nitrogens with zero attached hydrogens (tertiary/aromatic N) is 2. The summed E-state index contributed by atoms with van der Waals surface area (Å²) in [6.45, 7) is 5.08. The highest BCUT2D eigenvalue weighted by Gasteiger charge is 2.58. The molecular formula is C19H26N2O2S. The summed E-state index contributed by atoms with van der Waals surface area (Å²) in [6, 6.07) is 9.36. The number of aryl methyl sites for hydroxylation is 1. The first-order chi connectivity index (χ1) is 11.6. The van der Waals surface area contributed by atoms with E-state index in [1.54, 1.807) is 0 Å². The van der Waals surface area contributed by atoms with Gasteiger partial charge in [0.15, 0.2) is 0 Å². The Morgan fingerprint density at radius 2 is 1.62 bits per heavy atom. The Hall–Kier alpha value is -0.910. The lowest BCUT2D eigenvalue weighted by molar-refractivity contribution is 0.0122. The van der Waals surface area contributed by atoms with Gasteiger partial charge in [0.2, 0.25) is 10.0 Å². The molecule has 0 radical (unpaired) electrons. The standard InChI is InChI=1S/C19H26N2O2S/c1-13-2-4-14(5-3-13)17-12-21(24(22,23)16-6-7-16)18-15-8-10-20(11-9-15)19(17)18/h2-5,15-19H,6-12H2,1H3/t17-,18-,19-/m0/s1. The highest BCUT2D eigenvalue weighted by Crippen LogP contribution is 2.49. The second-order valence-electron chi connectivity index (χ2n) is 8.19. The van der Waals surface area contributed by atoms with Crippen LogP contribution in [0.4, 0.5) is 0 Å². The van der Waals surface area contributed by atoms with Crippen LogP contribution in [0.5, 0.6) is 0 Å². The van der Waals surface area contributed by atoms with E-state index < -0.39 is 10.0 Å². The zero-order chi connectivity index (χ0) is 16.5. The maximum Gasteiger partial charge on any atom is 0.217 e. The number of sulfonamides is 1. The van der Waals surface area contributed by atoms with Crippen molar-refractivity contribution < 1.29 is 8.42 Å². The predicted octanol–water partition coefficient (Wildman–Crippen LogP) is 2.35. The van der Waals surface area contributed by atoms with Gasteiger partial charge in [-0.1, -0.05) is 29.8 Å². The van der Waals surface area contributed by atoms with Crippen LogP contribution in [0, 0.1) is 12.8 Å². The van der Waals surface area contributed by atoms with Gasteiger partial charge in [0.1, 0.15) is 0 Å². The monoisotopic (exact) mass is 346 g/mol. The third-order valence-corrected chi connectivity index (χ3v) is 9.09. The topological polar surface area (TPSA) is 40.6 Å². The van der Waals surface area contributed by atoms with E-state index in [1.807, 2.05) is 4.31 Å². The summed E-state index contributed by atoms with van der Waals surface area (Å²) in [5.41, 5.74) is 2.58. The Balaban J connectivity index is 1.55. The van der Waals surface area contributed by atoms with Gasteiger partial charge in [0.05, 0.1) is 5.25 Å². The molecule has 1 aromatic carbocycles. The van der Waals surface area contributed by atoms with E-state index in [0.29, 0.717) is 24.4 Å². The molecule has 1 saturated carbocycles. The van der Waals surface area contributed by atoms with Crippen LogP contribution >= 0.6 is 0 Å². The van der Waals surface area contributed by atoms with Crippen molar-refractivity contribution in [2.45, 2.75) is 55.9 Å². The third-order valence-electron chi connectivity index (χ3n) is 6.73. The van der Waals surface area contributed by atoms with Crippen molar-refractivity contribution in [3.8, 4) is 0 Å². The molecule has 5 aliphatic rings. The Morgan fingerprint density at radius 3 is 2.25 bits per heavy atom. The normalized spacial score (nSPS) is 39.1. The van der Waals surface area contributed by atoms with Gasteiger partial charge in [-0.2, -0.15) is 4.31 Å². The van der Waals surface area contributed by atoms with Crippen molar-refractivity contribution in [2.75, 3.05) is 19.6 Å². The van der Waals surface area contributed by atoms with Crippen molar-refractivity contribution >= 4 is 10.0 Å². The summed E-state index contributed by atoms with van der Waals surface area (Å²) in [7, 11) is -3.10. The number of fused-ring (bicyclic) bond motifs is 2. The van der Waals surface area contributed by atoms with Crippen molar-refractivity contribution in [1.29, 1.82) is 0 Å². The average Bonchev–Trinajstić information content (AvgIpc) is 3.37. The quantitative estimate of drug-likeness (QED) is 0.843. The van der Waals surface area contributed by atoms with Crippen LogP contribution < -0.4 is 0 Å². The molecule has 0 aromatic heterocycles. The van der Waals surface area contributed by atoms with E-state index >= 15 is 0 Å². The smallest absolute Gasteiger partial charge is 0.217 e. The summed E-state index contributed by atoms with van der Waals surface area (Å²) in [4.78, 5) is 2.58. The fourth-order valence-electron chi connectivity index (χ4n) is 5.32. The molecule has 0 spiro atoms. The van der Waals surface area contributed by atoms with Crippen molar-refractivity contribution in [3.63, 3.8) is 0 Å². The summed E-state index contributed by atoms with van der Waals surface area (Å²) in [5.74, 6) is 0.885. The van der Waals surface area contributed by atoms with Gasteiger partial charge in [-0.25, -0.2) is 8.42 Å². The van der Waals surface area contributed by atoms with Crippen molar-refractivity contribution in [1.82, 2.24) is 9.21 Å². The largest absolute Gasteiger partial charge is 0.298 e. The summed E-state index contributed by atoms with van der Waals surface area (Å²) in [6.07, 6.45) is 4.05. The van der Waals surface area contributed by atoms with Crippen molar-refractivity contribution in [3.05, 3.63) is 35.4 Å². The minimum absolute atomic E-state index is 0.0922. The Kier molecular flexibility index (Phi) is 3.39. The highest BCUT2D eigenvalue weighted by molar-refractivity contribution is 7.90. The van der Waals surface area contributed by atoms with Crippen LogP contribution in [0.2, 0.25) is 0 Å². The fourth-order valence-corrected chi connectivity index (χ4v) is 7.44. The molecule has 4 saturated heterocycles. The third kappa shape index (κ3) is 2.21. The molecule has 4 nitrogen and oxygen atoms in total. The second kappa shape index (κ2) is 5.29. The Labute approximate surface area is 144 Å². The van der Waals surface area contributed by atoms with E-state index in [-0.39, 0.29) is 11.3 Å². The van der Waals surface area contributed by atoms with E-state index in [2.05, 4.69) is 36.1 Å². The molecule has 1 aliphatic carbocycles. The molecule has 3 atom stereocenters. The van der Waals surface area contributed by atoms with Gasteiger partial charge in [-0.15, -0.1) is 0 Å². The SMILES string of the molecule is Cc1ccc([C@@H]2CN(S(=O)(=O)C3CC3)[C@H]3C4CCN(CC4)[C@@H]23)cc1. The number of benzene rings is 1. The summed E-state index contributed by atoms with van der Waals surface area (Å²) >= 11 is 0. The van der Waals surface area contributed by atoms with Crippen LogP contribution in [-0.4, -0.2) is 54.6 Å². The minimum Gasteiger partial charge on any atom is -0.298 e. The number of rotatable bonds is 3. The first-order valence-corrected chi connectivity index (χ1v) is 10.9. The molecule has 2 bridgehead atoms. The van der Waals surface area contributed by atoms with Crippen LogP contribution in [0.1, 0.15) is 42.7 Å². The molecule has 130 valence electrons. The lowest BCUT2D eigenvalue weighted by atomic mass is 9.75. The number of hydrogen-bond acceptors (Lipinski definition) is 3. The fraction of sp³-hybridized carbons (Fsp3) is 0.684. The van der Waals surface area contributed by atoms with E-state index in [4.69, 9.17) is 0 Å².